The minimum Gasteiger partial charge on any atom is -0.493 e. The van der Waals surface area contributed by atoms with Gasteiger partial charge in [0.1, 0.15) is 24.7 Å². The summed E-state index contributed by atoms with van der Waals surface area (Å²) in [5.41, 5.74) is 4.81. The Morgan fingerprint density at radius 2 is 1.79 bits per heavy atom. The van der Waals surface area contributed by atoms with Gasteiger partial charge in [0.25, 0.3) is 5.91 Å². The number of amides is 1. The van der Waals surface area contributed by atoms with Gasteiger partial charge in [-0.15, -0.1) is 0 Å². The van der Waals surface area contributed by atoms with Gasteiger partial charge in [0.15, 0.2) is 11.5 Å². The number of benzene rings is 3. The lowest BCUT2D eigenvalue weighted by Gasteiger charge is -2.29. The van der Waals surface area contributed by atoms with Crippen molar-refractivity contribution in [1.82, 2.24) is 14.8 Å². The molecule has 3 aromatic carbocycles. The number of nitrogens with zero attached hydrogens (tertiary/aromatic N) is 3. The standard InChI is InChI=1S/C30H31N5O4/c1-5-38-24-13-9-8-12-23(24)34-29(36)27-20(3)33-30-31-18-32-35(30)28(27)21-14-15-25(26(16-21)37-4)39-17-22-11-7-6-10-19(22)2/h6-16,18,28H,5,17H2,1-4H3,(H,34,36)(H,31,32,33). The Labute approximate surface area is 227 Å². The number of carbonyl (C=O) groups excluding carboxylic acids is 1. The maximum absolute atomic E-state index is 13.8. The largest absolute Gasteiger partial charge is 0.493 e. The number of ether oxygens (including phenoxy) is 3. The van der Waals surface area contributed by atoms with E-state index in [1.54, 1.807) is 11.8 Å². The number of anilines is 2. The van der Waals surface area contributed by atoms with E-state index >= 15 is 0 Å². The summed E-state index contributed by atoms with van der Waals surface area (Å²) in [4.78, 5) is 18.1. The molecule has 1 atom stereocenters. The fourth-order valence-electron chi connectivity index (χ4n) is 4.64. The van der Waals surface area contributed by atoms with Gasteiger partial charge < -0.3 is 24.8 Å². The van der Waals surface area contributed by atoms with Gasteiger partial charge >= 0.3 is 0 Å². The van der Waals surface area contributed by atoms with Crippen LogP contribution in [0.25, 0.3) is 0 Å². The molecule has 0 bridgehead atoms. The molecule has 0 radical (unpaired) electrons. The molecular weight excluding hydrogens is 494 g/mol. The fraction of sp³-hybridized carbons (Fsp3) is 0.233. The Bertz CT molecular complexity index is 1530. The molecule has 2 N–H and O–H groups in total. The van der Waals surface area contributed by atoms with Crippen LogP contribution in [0, 0.1) is 6.92 Å². The van der Waals surface area contributed by atoms with E-state index < -0.39 is 6.04 Å². The quantitative estimate of drug-likeness (QED) is 0.298. The number of carbonyl (C=O) groups is 1. The number of rotatable bonds is 9. The van der Waals surface area contributed by atoms with Crippen molar-refractivity contribution in [2.75, 3.05) is 24.4 Å². The normalized spacial score (nSPS) is 14.3. The number of hydrogen-bond acceptors (Lipinski definition) is 7. The second kappa shape index (κ2) is 11.3. The average molecular weight is 526 g/mol. The maximum atomic E-state index is 13.8. The number of aryl methyl sites for hydroxylation is 1. The van der Waals surface area contributed by atoms with Crippen LogP contribution >= 0.6 is 0 Å². The first-order valence-corrected chi connectivity index (χ1v) is 12.8. The molecule has 0 spiro atoms. The van der Waals surface area contributed by atoms with E-state index in [1.165, 1.54) is 6.33 Å². The Morgan fingerprint density at radius 3 is 2.59 bits per heavy atom. The van der Waals surface area contributed by atoms with Crippen LogP contribution < -0.4 is 24.8 Å². The molecule has 39 heavy (non-hydrogen) atoms. The monoisotopic (exact) mass is 525 g/mol. The molecular formula is C30H31N5O4. The molecule has 1 aliphatic heterocycles. The molecule has 4 aromatic rings. The first kappa shape index (κ1) is 25.8. The molecule has 0 saturated carbocycles. The zero-order valence-electron chi connectivity index (χ0n) is 22.4. The van der Waals surface area contributed by atoms with Gasteiger partial charge in [-0.3, -0.25) is 4.79 Å². The van der Waals surface area contributed by atoms with Crippen molar-refractivity contribution in [1.29, 1.82) is 0 Å². The van der Waals surface area contributed by atoms with E-state index in [1.807, 2.05) is 74.5 Å². The first-order chi connectivity index (χ1) is 19.0. The van der Waals surface area contributed by atoms with Gasteiger partial charge in [0.2, 0.25) is 5.95 Å². The van der Waals surface area contributed by atoms with Crippen molar-refractivity contribution in [2.24, 2.45) is 0 Å². The highest BCUT2D eigenvalue weighted by molar-refractivity contribution is 6.06. The topological polar surface area (TPSA) is 99.5 Å². The van der Waals surface area contributed by atoms with E-state index in [4.69, 9.17) is 14.2 Å². The van der Waals surface area contributed by atoms with Crippen LogP contribution in [-0.2, 0) is 11.4 Å². The zero-order valence-corrected chi connectivity index (χ0v) is 22.4. The summed E-state index contributed by atoms with van der Waals surface area (Å²) in [7, 11) is 1.60. The summed E-state index contributed by atoms with van der Waals surface area (Å²) < 4.78 is 19.2. The molecule has 0 aliphatic carbocycles. The Balaban J connectivity index is 1.48. The van der Waals surface area contributed by atoms with Crippen molar-refractivity contribution in [3.05, 3.63) is 101 Å². The molecule has 5 rings (SSSR count). The average Bonchev–Trinajstić information content (AvgIpc) is 3.41. The highest BCUT2D eigenvalue weighted by atomic mass is 16.5. The van der Waals surface area contributed by atoms with E-state index in [0.29, 0.717) is 53.4 Å². The highest BCUT2D eigenvalue weighted by Crippen LogP contribution is 2.39. The second-order valence-corrected chi connectivity index (χ2v) is 9.10. The van der Waals surface area contributed by atoms with Gasteiger partial charge in [-0.25, -0.2) is 4.68 Å². The summed E-state index contributed by atoms with van der Waals surface area (Å²) in [6.07, 6.45) is 1.46. The minimum atomic E-state index is -0.553. The Kier molecular flexibility index (Phi) is 7.49. The van der Waals surface area contributed by atoms with Crippen molar-refractivity contribution >= 4 is 17.5 Å². The molecule has 2 heterocycles. The number of nitrogens with one attached hydrogen (secondary N) is 2. The van der Waals surface area contributed by atoms with Gasteiger partial charge in [0, 0.05) is 5.70 Å². The van der Waals surface area contributed by atoms with Crippen LogP contribution in [0.3, 0.4) is 0 Å². The Morgan fingerprint density at radius 1 is 1.00 bits per heavy atom. The SMILES string of the molecule is CCOc1ccccc1NC(=O)C1=C(C)Nc2ncnn2C1c1ccc(OCc2ccccc2C)c(OC)c1. The second-order valence-electron chi connectivity index (χ2n) is 9.10. The van der Waals surface area contributed by atoms with Gasteiger partial charge in [-0.1, -0.05) is 42.5 Å². The predicted octanol–water partition coefficient (Wildman–Crippen LogP) is 5.50. The zero-order chi connectivity index (χ0) is 27.4. The van der Waals surface area contributed by atoms with E-state index in [2.05, 4.69) is 33.7 Å². The molecule has 0 saturated heterocycles. The van der Waals surface area contributed by atoms with Crippen molar-refractivity contribution in [2.45, 2.75) is 33.4 Å². The van der Waals surface area contributed by atoms with E-state index in [-0.39, 0.29) is 5.91 Å². The molecule has 1 aliphatic rings. The third kappa shape index (κ3) is 5.29. The lowest BCUT2D eigenvalue weighted by molar-refractivity contribution is -0.113. The Hall–Kier alpha value is -4.79. The summed E-state index contributed by atoms with van der Waals surface area (Å²) >= 11 is 0. The van der Waals surface area contributed by atoms with Crippen LogP contribution in [0.5, 0.6) is 17.2 Å². The number of hydrogen-bond donors (Lipinski definition) is 2. The maximum Gasteiger partial charge on any atom is 0.255 e. The molecule has 1 aromatic heterocycles. The molecule has 1 amide bonds. The number of allylic oxidation sites excluding steroid dienone is 1. The van der Waals surface area contributed by atoms with Crippen LogP contribution in [-0.4, -0.2) is 34.4 Å². The number of aromatic nitrogens is 3. The highest BCUT2D eigenvalue weighted by Gasteiger charge is 2.34. The summed E-state index contributed by atoms with van der Waals surface area (Å²) in [6, 6.07) is 20.6. The fourth-order valence-corrected chi connectivity index (χ4v) is 4.64. The molecule has 200 valence electrons. The first-order valence-electron chi connectivity index (χ1n) is 12.8. The van der Waals surface area contributed by atoms with Crippen LogP contribution in [0.15, 0.2) is 84.3 Å². The lowest BCUT2D eigenvalue weighted by Crippen LogP contribution is -2.31. The minimum absolute atomic E-state index is 0.280. The number of para-hydroxylation sites is 2. The number of methoxy groups -OCH3 is 1. The van der Waals surface area contributed by atoms with Gasteiger partial charge in [0.05, 0.1) is 25.0 Å². The summed E-state index contributed by atoms with van der Waals surface area (Å²) in [6.45, 7) is 6.71. The van der Waals surface area contributed by atoms with Crippen LogP contribution in [0.2, 0.25) is 0 Å². The van der Waals surface area contributed by atoms with Gasteiger partial charge in [-0.2, -0.15) is 10.1 Å². The lowest BCUT2D eigenvalue weighted by atomic mass is 9.94. The van der Waals surface area contributed by atoms with Crippen LogP contribution in [0.4, 0.5) is 11.6 Å². The molecule has 9 heteroatoms. The third-order valence-corrected chi connectivity index (χ3v) is 6.62. The predicted molar refractivity (Wildman–Crippen MR) is 149 cm³/mol. The number of fused-ring (bicyclic) bond motifs is 1. The smallest absolute Gasteiger partial charge is 0.255 e. The van der Waals surface area contributed by atoms with Crippen molar-refractivity contribution in [3.63, 3.8) is 0 Å². The molecule has 1 unspecified atom stereocenters. The van der Waals surface area contributed by atoms with E-state index in [9.17, 15) is 4.79 Å². The third-order valence-electron chi connectivity index (χ3n) is 6.62. The molecule has 0 fully saturated rings. The molecule has 9 nitrogen and oxygen atoms in total. The summed E-state index contributed by atoms with van der Waals surface area (Å²) in [5.74, 6) is 2.03. The van der Waals surface area contributed by atoms with Gasteiger partial charge in [-0.05, 0) is 61.7 Å². The van der Waals surface area contributed by atoms with Crippen LogP contribution in [0.1, 0.15) is 36.6 Å². The van der Waals surface area contributed by atoms with E-state index in [0.717, 1.165) is 16.7 Å². The van der Waals surface area contributed by atoms with Crippen molar-refractivity contribution in [3.8, 4) is 17.2 Å². The van der Waals surface area contributed by atoms with Crippen molar-refractivity contribution < 1.29 is 19.0 Å². The summed E-state index contributed by atoms with van der Waals surface area (Å²) in [5, 5.41) is 10.7.